The number of nitrogens with one attached hydrogen (secondary N) is 3. The maximum absolute atomic E-state index is 11.9. The zero-order valence-electron chi connectivity index (χ0n) is 13.2. The van der Waals surface area contributed by atoms with Crippen molar-refractivity contribution in [1.29, 1.82) is 0 Å². The van der Waals surface area contributed by atoms with Gasteiger partial charge in [0, 0.05) is 17.3 Å². The Hall–Kier alpha value is -2.54. The summed E-state index contributed by atoms with van der Waals surface area (Å²) in [6.45, 7) is 5.86. The quantitative estimate of drug-likeness (QED) is 0.456. The van der Waals surface area contributed by atoms with Crippen LogP contribution in [0.3, 0.4) is 0 Å². The molecule has 6 nitrogen and oxygen atoms in total. The molecule has 120 valence electrons. The van der Waals surface area contributed by atoms with E-state index in [1.54, 1.807) is 0 Å². The van der Waals surface area contributed by atoms with E-state index in [0.717, 1.165) is 16.8 Å². The molecule has 23 heavy (non-hydrogen) atoms. The van der Waals surface area contributed by atoms with Crippen molar-refractivity contribution in [2.45, 2.75) is 27.2 Å². The summed E-state index contributed by atoms with van der Waals surface area (Å²) in [6, 6.07) is 7.34. The topological polar surface area (TPSA) is 90.1 Å². The van der Waals surface area contributed by atoms with Crippen LogP contribution in [0.15, 0.2) is 34.2 Å². The van der Waals surface area contributed by atoms with Crippen LogP contribution in [0, 0.1) is 18.6 Å². The maximum atomic E-state index is 11.9. The minimum absolute atomic E-state index is 0.00276. The van der Waals surface area contributed by atoms with Crippen molar-refractivity contribution >= 4 is 23.8 Å². The number of nitrogens with zero attached hydrogens (tertiary/aromatic N) is 1. The summed E-state index contributed by atoms with van der Waals surface area (Å²) >= 11 is 4.86. The molecule has 0 atom stereocenters. The van der Waals surface area contributed by atoms with Crippen LogP contribution in [-0.4, -0.2) is 21.6 Å². The molecule has 1 amide bonds. The highest BCUT2D eigenvalue weighted by atomic mass is 32.1. The molecule has 2 rings (SSSR count). The van der Waals surface area contributed by atoms with E-state index in [0.29, 0.717) is 5.69 Å². The van der Waals surface area contributed by atoms with Gasteiger partial charge in [-0.15, -0.1) is 0 Å². The van der Waals surface area contributed by atoms with Gasteiger partial charge in [-0.2, -0.15) is 5.10 Å². The minimum Gasteiger partial charge on any atom is -0.335 e. The van der Waals surface area contributed by atoms with Crippen LogP contribution >= 0.6 is 12.2 Å². The van der Waals surface area contributed by atoms with Gasteiger partial charge < -0.3 is 4.98 Å². The van der Waals surface area contributed by atoms with Gasteiger partial charge in [0.15, 0.2) is 4.77 Å². The van der Waals surface area contributed by atoms with Crippen LogP contribution in [-0.2, 0) is 11.2 Å². The lowest BCUT2D eigenvalue weighted by Crippen LogP contribution is -2.23. The van der Waals surface area contributed by atoms with Crippen LogP contribution in [0.5, 0.6) is 0 Å². The Morgan fingerprint density at radius 2 is 2.00 bits per heavy atom. The van der Waals surface area contributed by atoms with E-state index in [1.807, 2.05) is 32.9 Å². The number of hydrazone groups is 1. The Bertz CT molecular complexity index is 852. The van der Waals surface area contributed by atoms with Crippen LogP contribution in [0.2, 0.25) is 0 Å². The van der Waals surface area contributed by atoms with Gasteiger partial charge in [0.1, 0.15) is 0 Å². The van der Waals surface area contributed by atoms with E-state index in [9.17, 15) is 9.59 Å². The number of H-pyrrole nitrogens is 2. The maximum Gasteiger partial charge on any atom is 0.251 e. The van der Waals surface area contributed by atoms with Crippen molar-refractivity contribution in [2.24, 2.45) is 5.10 Å². The van der Waals surface area contributed by atoms with Crippen molar-refractivity contribution in [3.05, 3.63) is 61.8 Å². The van der Waals surface area contributed by atoms with E-state index in [2.05, 4.69) is 26.6 Å². The van der Waals surface area contributed by atoms with Crippen molar-refractivity contribution in [1.82, 2.24) is 15.4 Å². The second-order valence-electron chi connectivity index (χ2n) is 5.34. The van der Waals surface area contributed by atoms with Gasteiger partial charge in [-0.3, -0.25) is 14.6 Å². The van der Waals surface area contributed by atoms with Crippen LogP contribution < -0.4 is 11.0 Å². The van der Waals surface area contributed by atoms with E-state index in [1.165, 1.54) is 11.6 Å². The van der Waals surface area contributed by atoms with Crippen molar-refractivity contribution in [2.75, 3.05) is 0 Å². The summed E-state index contributed by atoms with van der Waals surface area (Å²) in [4.78, 5) is 28.4. The molecule has 1 aromatic heterocycles. The third kappa shape index (κ3) is 4.72. The number of aromatic nitrogens is 2. The summed E-state index contributed by atoms with van der Waals surface area (Å²) in [5.41, 5.74) is 6.56. The molecule has 0 aliphatic carbocycles. The average Bonchev–Trinajstić information content (AvgIpc) is 2.43. The molecule has 0 aliphatic heterocycles. The number of rotatable bonds is 4. The lowest BCUT2D eigenvalue weighted by atomic mass is 10.0. The van der Waals surface area contributed by atoms with Gasteiger partial charge >= 0.3 is 0 Å². The van der Waals surface area contributed by atoms with Gasteiger partial charge in [-0.1, -0.05) is 23.8 Å². The number of carbonyl (C=O) groups excluding carboxylic acids is 1. The predicted octanol–water partition coefficient (Wildman–Crippen LogP) is 2.13. The van der Waals surface area contributed by atoms with Gasteiger partial charge in [0.25, 0.3) is 5.56 Å². The highest BCUT2D eigenvalue weighted by Crippen LogP contribution is 2.11. The number of carbonyl (C=O) groups is 1. The smallest absolute Gasteiger partial charge is 0.251 e. The second kappa shape index (κ2) is 7.15. The van der Waals surface area contributed by atoms with Gasteiger partial charge in [-0.25, -0.2) is 5.43 Å². The molecule has 0 bridgehead atoms. The first-order valence-electron chi connectivity index (χ1n) is 7.08. The fraction of sp³-hybridized carbons (Fsp3) is 0.250. The van der Waals surface area contributed by atoms with E-state index < -0.39 is 0 Å². The van der Waals surface area contributed by atoms with Crippen LogP contribution in [0.1, 0.15) is 29.3 Å². The SMILES string of the molecule is C/C(=N/NC(=O)Cc1cc(=O)[nH]c(=S)[nH]1)c1ccc(C)cc1C. The van der Waals surface area contributed by atoms with Gasteiger partial charge in [0.05, 0.1) is 12.1 Å². The van der Waals surface area contributed by atoms with Crippen molar-refractivity contribution in [3.63, 3.8) is 0 Å². The summed E-state index contributed by atoms with van der Waals surface area (Å²) in [5, 5.41) is 4.12. The first-order valence-corrected chi connectivity index (χ1v) is 7.49. The first kappa shape index (κ1) is 16.8. The molecule has 0 saturated carbocycles. The molecule has 0 radical (unpaired) electrons. The Labute approximate surface area is 138 Å². The summed E-state index contributed by atoms with van der Waals surface area (Å²) in [7, 11) is 0. The van der Waals surface area contributed by atoms with Gasteiger partial charge in [-0.05, 0) is 38.6 Å². The molecule has 3 N–H and O–H groups in total. The molecule has 1 heterocycles. The third-order valence-electron chi connectivity index (χ3n) is 3.29. The van der Waals surface area contributed by atoms with E-state index >= 15 is 0 Å². The predicted molar refractivity (Wildman–Crippen MR) is 92.2 cm³/mol. The zero-order chi connectivity index (χ0) is 17.0. The number of aryl methyl sites for hydroxylation is 2. The highest BCUT2D eigenvalue weighted by Gasteiger charge is 2.06. The Balaban J connectivity index is 2.08. The summed E-state index contributed by atoms with van der Waals surface area (Å²) in [6.07, 6.45) is -0.00276. The first-order chi connectivity index (χ1) is 10.8. The average molecular weight is 330 g/mol. The number of amides is 1. The minimum atomic E-state index is -0.341. The molecular formula is C16H18N4O2S. The van der Waals surface area contributed by atoms with E-state index in [-0.39, 0.29) is 22.7 Å². The Kier molecular flexibility index (Phi) is 5.23. The number of hydrogen-bond donors (Lipinski definition) is 3. The molecular weight excluding hydrogens is 312 g/mol. The molecule has 0 saturated heterocycles. The number of benzene rings is 1. The molecule has 7 heteroatoms. The number of aromatic amines is 2. The molecule has 0 unspecified atom stereocenters. The van der Waals surface area contributed by atoms with E-state index in [4.69, 9.17) is 12.2 Å². The van der Waals surface area contributed by atoms with Crippen LogP contribution in [0.25, 0.3) is 0 Å². The van der Waals surface area contributed by atoms with Crippen molar-refractivity contribution in [3.8, 4) is 0 Å². The third-order valence-corrected chi connectivity index (χ3v) is 3.49. The molecule has 0 fully saturated rings. The number of hydrogen-bond acceptors (Lipinski definition) is 4. The van der Waals surface area contributed by atoms with Crippen molar-refractivity contribution < 1.29 is 4.79 Å². The fourth-order valence-electron chi connectivity index (χ4n) is 2.25. The zero-order valence-corrected chi connectivity index (χ0v) is 14.0. The molecule has 0 aliphatic rings. The molecule has 0 spiro atoms. The normalized spacial score (nSPS) is 11.3. The molecule has 2 aromatic rings. The second-order valence-corrected chi connectivity index (χ2v) is 5.75. The largest absolute Gasteiger partial charge is 0.335 e. The Morgan fingerprint density at radius 3 is 2.65 bits per heavy atom. The monoisotopic (exact) mass is 330 g/mol. The fourth-order valence-corrected chi connectivity index (χ4v) is 2.48. The Morgan fingerprint density at radius 1 is 1.26 bits per heavy atom. The lowest BCUT2D eigenvalue weighted by Gasteiger charge is -2.07. The highest BCUT2D eigenvalue weighted by molar-refractivity contribution is 7.71. The summed E-state index contributed by atoms with van der Waals surface area (Å²) < 4.78 is 0.190. The lowest BCUT2D eigenvalue weighted by molar-refractivity contribution is -0.120. The van der Waals surface area contributed by atoms with Gasteiger partial charge in [0.2, 0.25) is 5.91 Å². The summed E-state index contributed by atoms with van der Waals surface area (Å²) in [5.74, 6) is -0.328. The standard InChI is InChI=1S/C16H18N4O2S/c1-9-4-5-13(10(2)6-9)11(3)19-20-15(22)8-12-7-14(21)18-16(23)17-12/h4-7H,8H2,1-3H3,(H,20,22)(H2,17,18,21,23)/b19-11-. The molecule has 1 aromatic carbocycles. The van der Waals surface area contributed by atoms with Crippen LogP contribution in [0.4, 0.5) is 0 Å².